The van der Waals surface area contributed by atoms with Crippen LogP contribution in [0.1, 0.15) is 17.5 Å². The van der Waals surface area contributed by atoms with Gasteiger partial charge in [0, 0.05) is 11.5 Å². The molecule has 0 bridgehead atoms. The van der Waals surface area contributed by atoms with Crippen molar-refractivity contribution in [2.45, 2.75) is 29.1 Å². The van der Waals surface area contributed by atoms with Gasteiger partial charge in [0.15, 0.2) is 6.10 Å². The van der Waals surface area contributed by atoms with Gasteiger partial charge < -0.3 is 20.6 Å². The summed E-state index contributed by atoms with van der Waals surface area (Å²) in [6.45, 7) is 0. The van der Waals surface area contributed by atoms with Gasteiger partial charge in [0.05, 0.1) is 0 Å². The molecule has 35 heavy (non-hydrogen) atoms. The number of nitrogens with one attached hydrogen (secondary N) is 2. The SMILES string of the molecule is O=C(O)Cc1nc(SCC2=C(C(=O)O)N3C(=O)C(NC(=O)C(O)c4cccc(F)c4)[C@H]3SC2)n[nH]1. The van der Waals surface area contributed by atoms with E-state index in [1.807, 2.05) is 0 Å². The normalized spacial score (nSPS) is 20.2. The molecule has 2 aliphatic rings. The number of amides is 2. The molecule has 1 aromatic heterocycles. The Morgan fingerprint density at radius 2 is 2.11 bits per heavy atom. The highest BCUT2D eigenvalue weighted by Crippen LogP contribution is 2.41. The number of aliphatic hydroxyl groups excluding tert-OH is 1. The molecule has 3 heterocycles. The zero-order valence-electron chi connectivity index (χ0n) is 17.7. The van der Waals surface area contributed by atoms with Crippen LogP contribution < -0.4 is 5.32 Å². The van der Waals surface area contributed by atoms with Crippen LogP contribution in [0.25, 0.3) is 0 Å². The lowest BCUT2D eigenvalue weighted by Gasteiger charge is -2.49. The lowest BCUT2D eigenvalue weighted by molar-refractivity contribution is -0.151. The Morgan fingerprint density at radius 1 is 1.34 bits per heavy atom. The number of hydrogen-bond acceptors (Lipinski definition) is 9. The lowest BCUT2D eigenvalue weighted by Crippen LogP contribution is -2.70. The summed E-state index contributed by atoms with van der Waals surface area (Å²) < 4.78 is 13.4. The third kappa shape index (κ3) is 5.16. The quantitative estimate of drug-likeness (QED) is 0.222. The number of aromatic nitrogens is 3. The number of benzene rings is 1. The van der Waals surface area contributed by atoms with Gasteiger partial charge in [-0.2, -0.15) is 0 Å². The van der Waals surface area contributed by atoms with E-state index < -0.39 is 47.1 Å². The first-order valence-electron chi connectivity index (χ1n) is 10.1. The Kier molecular flexibility index (Phi) is 7.09. The van der Waals surface area contributed by atoms with E-state index in [0.717, 1.165) is 28.8 Å². The number of carbonyl (C=O) groups excluding carboxylic acids is 2. The predicted molar refractivity (Wildman–Crippen MR) is 119 cm³/mol. The molecule has 0 aliphatic carbocycles. The summed E-state index contributed by atoms with van der Waals surface area (Å²) in [5.41, 5.74) is 0.251. The molecule has 2 aromatic rings. The number of carbonyl (C=O) groups is 4. The molecule has 5 N–H and O–H groups in total. The molecule has 1 fully saturated rings. The van der Waals surface area contributed by atoms with Gasteiger partial charge in [-0.1, -0.05) is 23.9 Å². The topological polar surface area (TPSA) is 186 Å². The number of rotatable bonds is 9. The van der Waals surface area contributed by atoms with Crippen molar-refractivity contribution in [3.05, 3.63) is 52.7 Å². The van der Waals surface area contributed by atoms with Crippen molar-refractivity contribution >= 4 is 47.3 Å². The number of thioether (sulfide) groups is 2. The second-order valence-electron chi connectivity index (χ2n) is 7.53. The minimum absolute atomic E-state index is 0.0198. The molecule has 2 amide bonds. The van der Waals surface area contributed by atoms with Crippen LogP contribution in [0.2, 0.25) is 0 Å². The first kappa shape index (κ1) is 24.7. The summed E-state index contributed by atoms with van der Waals surface area (Å²) >= 11 is 2.33. The molecule has 184 valence electrons. The Balaban J connectivity index is 1.43. The average Bonchev–Trinajstić information content (AvgIpc) is 3.26. The molecular formula is C20H18FN5O7S2. The molecule has 12 nitrogen and oxygen atoms in total. The van der Waals surface area contributed by atoms with E-state index in [4.69, 9.17) is 5.11 Å². The van der Waals surface area contributed by atoms with Crippen LogP contribution in [0.15, 0.2) is 40.7 Å². The summed E-state index contributed by atoms with van der Waals surface area (Å²) in [5, 5.41) is 37.1. The van der Waals surface area contributed by atoms with E-state index in [1.54, 1.807) is 0 Å². The largest absolute Gasteiger partial charge is 0.481 e. The van der Waals surface area contributed by atoms with Crippen LogP contribution in [-0.4, -0.2) is 82.1 Å². The van der Waals surface area contributed by atoms with Crippen molar-refractivity contribution in [3.8, 4) is 0 Å². The fraction of sp³-hybridized carbons (Fsp3) is 0.300. The monoisotopic (exact) mass is 523 g/mol. The van der Waals surface area contributed by atoms with Crippen molar-refractivity contribution < 1.29 is 38.9 Å². The van der Waals surface area contributed by atoms with Crippen LogP contribution >= 0.6 is 23.5 Å². The minimum atomic E-state index is -1.70. The maximum atomic E-state index is 13.4. The van der Waals surface area contributed by atoms with Gasteiger partial charge in [0.2, 0.25) is 5.16 Å². The number of halogens is 1. The lowest BCUT2D eigenvalue weighted by atomic mass is 10.0. The summed E-state index contributed by atoms with van der Waals surface area (Å²) in [6.07, 6.45) is -2.03. The summed E-state index contributed by atoms with van der Waals surface area (Å²) in [5.74, 6) is -4.04. The van der Waals surface area contributed by atoms with E-state index >= 15 is 0 Å². The van der Waals surface area contributed by atoms with Gasteiger partial charge in [-0.25, -0.2) is 14.2 Å². The standard InChI is InChI=1S/C20H18FN5O7S2/c21-10-3-1-2-8(4-10)15(29)16(30)23-13-17(31)26-14(19(32)33)9(6-34-18(13)26)7-35-20-22-11(24-25-20)5-12(27)28/h1-4,13,15,18,29H,5-7H2,(H,23,30)(H,27,28)(H,32,33)(H,22,24,25)/t13?,15?,18-/m1/s1. The number of carboxylic acids is 2. The number of hydrogen-bond donors (Lipinski definition) is 5. The number of aliphatic carboxylic acids is 2. The molecule has 3 atom stereocenters. The van der Waals surface area contributed by atoms with Gasteiger partial charge in [-0.3, -0.25) is 24.4 Å². The summed E-state index contributed by atoms with van der Waals surface area (Å²) in [7, 11) is 0. The Hall–Kier alpha value is -3.43. The Bertz CT molecular complexity index is 1240. The molecule has 2 aliphatic heterocycles. The van der Waals surface area contributed by atoms with E-state index in [2.05, 4.69) is 20.5 Å². The molecule has 0 saturated carbocycles. The second kappa shape index (κ2) is 10.1. The molecule has 2 unspecified atom stereocenters. The Labute approximate surface area is 205 Å². The minimum Gasteiger partial charge on any atom is -0.481 e. The number of carboxylic acid groups (broad SMARTS) is 2. The maximum Gasteiger partial charge on any atom is 0.352 e. The van der Waals surface area contributed by atoms with Crippen LogP contribution in [0.4, 0.5) is 4.39 Å². The van der Waals surface area contributed by atoms with Gasteiger partial charge in [-0.05, 0) is 23.3 Å². The third-order valence-corrected chi connectivity index (χ3v) is 7.44. The van der Waals surface area contributed by atoms with Crippen molar-refractivity contribution in [3.63, 3.8) is 0 Å². The number of aliphatic hydroxyl groups is 1. The van der Waals surface area contributed by atoms with E-state index in [-0.39, 0.29) is 40.2 Å². The number of nitrogens with zero attached hydrogens (tertiary/aromatic N) is 3. The fourth-order valence-electron chi connectivity index (χ4n) is 3.57. The van der Waals surface area contributed by atoms with Gasteiger partial charge in [0.1, 0.15) is 35.2 Å². The van der Waals surface area contributed by atoms with E-state index in [9.17, 15) is 33.8 Å². The van der Waals surface area contributed by atoms with Crippen molar-refractivity contribution in [2.75, 3.05) is 11.5 Å². The number of fused-ring (bicyclic) bond motifs is 1. The second-order valence-corrected chi connectivity index (χ2v) is 9.58. The van der Waals surface area contributed by atoms with E-state index in [1.165, 1.54) is 23.9 Å². The number of aromatic amines is 1. The Morgan fingerprint density at radius 3 is 2.80 bits per heavy atom. The number of β-lactam (4-membered cyclic amide) rings is 1. The van der Waals surface area contributed by atoms with E-state index in [0.29, 0.717) is 5.57 Å². The zero-order valence-corrected chi connectivity index (χ0v) is 19.3. The first-order chi connectivity index (χ1) is 16.7. The molecule has 0 spiro atoms. The predicted octanol–water partition coefficient (Wildman–Crippen LogP) is 0.135. The summed E-state index contributed by atoms with van der Waals surface area (Å²) in [4.78, 5) is 53.0. The van der Waals surface area contributed by atoms with Crippen molar-refractivity contribution in [2.24, 2.45) is 0 Å². The smallest absolute Gasteiger partial charge is 0.352 e. The van der Waals surface area contributed by atoms with Crippen LogP contribution in [0.3, 0.4) is 0 Å². The van der Waals surface area contributed by atoms with Crippen LogP contribution in [0.5, 0.6) is 0 Å². The highest BCUT2D eigenvalue weighted by molar-refractivity contribution is 8.01. The molecule has 1 saturated heterocycles. The van der Waals surface area contributed by atoms with Gasteiger partial charge in [0.25, 0.3) is 11.8 Å². The first-order valence-corrected chi connectivity index (χ1v) is 12.1. The molecule has 4 rings (SSSR count). The van der Waals surface area contributed by atoms with Gasteiger partial charge in [-0.15, -0.1) is 16.9 Å². The molecular weight excluding hydrogens is 505 g/mol. The zero-order chi connectivity index (χ0) is 25.3. The molecule has 0 radical (unpaired) electrons. The third-order valence-electron chi connectivity index (χ3n) is 5.17. The molecule has 15 heteroatoms. The highest BCUT2D eigenvalue weighted by atomic mass is 32.2. The highest BCUT2D eigenvalue weighted by Gasteiger charge is 2.54. The van der Waals surface area contributed by atoms with Crippen molar-refractivity contribution in [1.29, 1.82) is 0 Å². The molecule has 1 aromatic carbocycles. The van der Waals surface area contributed by atoms with Crippen LogP contribution in [0, 0.1) is 5.82 Å². The van der Waals surface area contributed by atoms with Crippen LogP contribution in [-0.2, 0) is 25.6 Å². The van der Waals surface area contributed by atoms with Gasteiger partial charge >= 0.3 is 11.9 Å². The summed E-state index contributed by atoms with van der Waals surface area (Å²) in [6, 6.07) is 3.82. The van der Waals surface area contributed by atoms with Crippen molar-refractivity contribution in [1.82, 2.24) is 25.4 Å². The number of H-pyrrole nitrogens is 1. The fourth-order valence-corrected chi connectivity index (χ4v) is 5.87. The average molecular weight is 524 g/mol. The maximum absolute atomic E-state index is 13.4.